The summed E-state index contributed by atoms with van der Waals surface area (Å²) in [5.41, 5.74) is 1.83. The van der Waals surface area contributed by atoms with Crippen molar-refractivity contribution in [1.82, 2.24) is 0 Å². The molecule has 0 radical (unpaired) electrons. The van der Waals surface area contributed by atoms with Gasteiger partial charge in [0.15, 0.2) is 5.78 Å². The van der Waals surface area contributed by atoms with Crippen molar-refractivity contribution >= 4 is 11.8 Å². The van der Waals surface area contributed by atoms with Gasteiger partial charge in [0.1, 0.15) is 11.9 Å². The normalized spacial score (nSPS) is 15.6. The lowest BCUT2D eigenvalue weighted by molar-refractivity contribution is 0.0676. The van der Waals surface area contributed by atoms with E-state index in [4.69, 9.17) is 4.74 Å². The van der Waals surface area contributed by atoms with E-state index in [1.807, 2.05) is 13.0 Å². The van der Waals surface area contributed by atoms with Gasteiger partial charge < -0.3 is 9.84 Å². The van der Waals surface area contributed by atoms with E-state index in [1.54, 1.807) is 24.3 Å². The van der Waals surface area contributed by atoms with Crippen LogP contribution in [0.2, 0.25) is 0 Å². The highest BCUT2D eigenvalue weighted by atomic mass is 16.5. The van der Waals surface area contributed by atoms with E-state index >= 15 is 0 Å². The zero-order valence-electron chi connectivity index (χ0n) is 11.5. The lowest BCUT2D eigenvalue weighted by atomic mass is 9.89. The van der Waals surface area contributed by atoms with Crippen LogP contribution in [0.4, 0.5) is 0 Å². The fourth-order valence-electron chi connectivity index (χ4n) is 2.59. The Labute approximate surface area is 122 Å². The molecule has 3 rings (SSSR count). The molecule has 0 aliphatic carbocycles. The predicted octanol–water partition coefficient (Wildman–Crippen LogP) is 3.46. The highest BCUT2D eigenvalue weighted by Gasteiger charge is 2.36. The van der Waals surface area contributed by atoms with Gasteiger partial charge in [0.05, 0.1) is 11.1 Å². The van der Waals surface area contributed by atoms with Gasteiger partial charge in [-0.05, 0) is 18.6 Å². The summed E-state index contributed by atoms with van der Waals surface area (Å²) in [6, 6.07) is 11.9. The highest BCUT2D eigenvalue weighted by Crippen LogP contribution is 2.46. The van der Waals surface area contributed by atoms with Crippen molar-refractivity contribution in [3.63, 3.8) is 0 Å². The molecular weight excluding hydrogens is 268 g/mol. The minimum absolute atomic E-state index is 0.154. The van der Waals surface area contributed by atoms with E-state index in [0.29, 0.717) is 28.9 Å². The number of hydrogen-bond donors (Lipinski definition) is 1. The van der Waals surface area contributed by atoms with Gasteiger partial charge in [0.2, 0.25) is 0 Å². The molecule has 0 bridgehead atoms. The van der Waals surface area contributed by atoms with Crippen LogP contribution in [0.15, 0.2) is 42.5 Å². The Morgan fingerprint density at radius 3 is 2.38 bits per heavy atom. The van der Waals surface area contributed by atoms with Crippen LogP contribution in [0.5, 0.6) is 5.75 Å². The second kappa shape index (κ2) is 5.05. The van der Waals surface area contributed by atoms with Crippen molar-refractivity contribution in [3.8, 4) is 5.75 Å². The first-order chi connectivity index (χ1) is 10.1. The van der Waals surface area contributed by atoms with E-state index in [0.717, 1.165) is 0 Å². The van der Waals surface area contributed by atoms with Crippen molar-refractivity contribution in [1.29, 1.82) is 0 Å². The maximum absolute atomic E-state index is 12.5. The van der Waals surface area contributed by atoms with Crippen molar-refractivity contribution < 1.29 is 19.4 Å². The number of hydrogen-bond acceptors (Lipinski definition) is 3. The van der Waals surface area contributed by atoms with Gasteiger partial charge in [-0.15, -0.1) is 0 Å². The standard InChI is InChI=1S/C17H14O4/c1-2-13-14-11(17(19)20)8-9-12(16(14)21-13)15(18)10-6-4-3-5-7-10/h3-9,13H,2H2,1H3,(H,19,20). The molecule has 1 N–H and O–H groups in total. The summed E-state index contributed by atoms with van der Waals surface area (Å²) in [7, 11) is 0. The van der Waals surface area contributed by atoms with Gasteiger partial charge in [-0.25, -0.2) is 4.79 Å². The Kier molecular flexibility index (Phi) is 3.22. The number of carbonyl (C=O) groups excluding carboxylic acids is 1. The number of carboxylic acid groups (broad SMARTS) is 1. The lowest BCUT2D eigenvalue weighted by Gasteiger charge is -2.33. The molecule has 4 heteroatoms. The average Bonchev–Trinajstić information content (AvgIpc) is 2.48. The number of rotatable bonds is 4. The Hall–Kier alpha value is -2.62. The van der Waals surface area contributed by atoms with Crippen molar-refractivity contribution in [2.45, 2.75) is 19.4 Å². The maximum Gasteiger partial charge on any atom is 0.336 e. The summed E-state index contributed by atoms with van der Waals surface area (Å²) in [5, 5.41) is 9.24. The maximum atomic E-state index is 12.5. The average molecular weight is 282 g/mol. The van der Waals surface area contributed by atoms with Crippen LogP contribution in [0, 0.1) is 0 Å². The summed E-state index contributed by atoms with van der Waals surface area (Å²) >= 11 is 0. The largest absolute Gasteiger partial charge is 0.484 e. The Bertz CT molecular complexity index is 719. The number of ether oxygens (including phenoxy) is 1. The summed E-state index contributed by atoms with van der Waals surface area (Å²) in [6.07, 6.45) is 0.436. The van der Waals surface area contributed by atoms with Crippen LogP contribution in [0.3, 0.4) is 0 Å². The number of carbonyl (C=O) groups is 2. The van der Waals surface area contributed by atoms with E-state index in [2.05, 4.69) is 0 Å². The topological polar surface area (TPSA) is 63.6 Å². The third kappa shape index (κ3) is 2.09. The molecule has 4 nitrogen and oxygen atoms in total. The van der Waals surface area contributed by atoms with Crippen molar-refractivity contribution in [3.05, 3.63) is 64.7 Å². The van der Waals surface area contributed by atoms with Crippen LogP contribution in [0.1, 0.15) is 51.3 Å². The first kappa shape index (κ1) is 13.4. The SMILES string of the molecule is CCC1Oc2c(C(=O)c3ccccc3)ccc(C(=O)O)c21. The van der Waals surface area contributed by atoms with Crippen LogP contribution in [0.25, 0.3) is 0 Å². The van der Waals surface area contributed by atoms with Crippen LogP contribution in [-0.2, 0) is 0 Å². The van der Waals surface area contributed by atoms with Gasteiger partial charge >= 0.3 is 5.97 Å². The minimum Gasteiger partial charge on any atom is -0.484 e. The molecule has 0 saturated carbocycles. The third-order valence-corrected chi connectivity index (χ3v) is 3.66. The van der Waals surface area contributed by atoms with E-state index < -0.39 is 5.97 Å². The molecule has 0 spiro atoms. The number of fused-ring (bicyclic) bond motifs is 1. The third-order valence-electron chi connectivity index (χ3n) is 3.66. The number of ketones is 1. The number of benzene rings is 2. The fraction of sp³-hybridized carbons (Fsp3) is 0.176. The van der Waals surface area contributed by atoms with Gasteiger partial charge in [0.25, 0.3) is 0 Å². The zero-order chi connectivity index (χ0) is 15.0. The Balaban J connectivity index is 2.08. The fourth-order valence-corrected chi connectivity index (χ4v) is 2.59. The molecule has 0 aromatic heterocycles. The quantitative estimate of drug-likeness (QED) is 0.872. The van der Waals surface area contributed by atoms with Gasteiger partial charge in [-0.3, -0.25) is 4.79 Å². The van der Waals surface area contributed by atoms with Crippen LogP contribution < -0.4 is 4.74 Å². The predicted molar refractivity (Wildman–Crippen MR) is 76.9 cm³/mol. The minimum atomic E-state index is -0.994. The summed E-state index contributed by atoms with van der Waals surface area (Å²) < 4.78 is 5.61. The van der Waals surface area contributed by atoms with E-state index in [9.17, 15) is 14.7 Å². The smallest absolute Gasteiger partial charge is 0.336 e. The Morgan fingerprint density at radius 2 is 1.76 bits per heavy atom. The molecule has 0 saturated heterocycles. The molecular formula is C17H14O4. The Morgan fingerprint density at radius 1 is 1.10 bits per heavy atom. The molecule has 21 heavy (non-hydrogen) atoms. The molecule has 1 aliphatic heterocycles. The zero-order valence-corrected chi connectivity index (χ0v) is 11.5. The van der Waals surface area contributed by atoms with Crippen molar-refractivity contribution in [2.75, 3.05) is 0 Å². The lowest BCUT2D eigenvalue weighted by Crippen LogP contribution is -2.25. The molecule has 1 aliphatic rings. The second-order valence-corrected chi connectivity index (χ2v) is 4.92. The van der Waals surface area contributed by atoms with Gasteiger partial charge in [-0.2, -0.15) is 0 Å². The van der Waals surface area contributed by atoms with Crippen LogP contribution >= 0.6 is 0 Å². The van der Waals surface area contributed by atoms with Gasteiger partial charge in [-0.1, -0.05) is 37.3 Å². The summed E-state index contributed by atoms with van der Waals surface area (Å²) in [6.45, 7) is 1.92. The number of carboxylic acids is 1. The first-order valence-corrected chi connectivity index (χ1v) is 6.80. The van der Waals surface area contributed by atoms with Crippen LogP contribution in [-0.4, -0.2) is 16.9 Å². The van der Waals surface area contributed by atoms with Crippen molar-refractivity contribution in [2.24, 2.45) is 0 Å². The molecule has 1 heterocycles. The molecule has 2 aromatic carbocycles. The monoisotopic (exact) mass is 282 g/mol. The second-order valence-electron chi connectivity index (χ2n) is 4.92. The highest BCUT2D eigenvalue weighted by molar-refractivity contribution is 6.12. The molecule has 106 valence electrons. The first-order valence-electron chi connectivity index (χ1n) is 6.80. The molecule has 0 amide bonds. The van der Waals surface area contributed by atoms with Gasteiger partial charge in [0, 0.05) is 11.1 Å². The molecule has 0 fully saturated rings. The van der Waals surface area contributed by atoms with E-state index in [1.165, 1.54) is 12.1 Å². The molecule has 1 unspecified atom stereocenters. The number of aromatic carboxylic acids is 1. The molecule has 2 aromatic rings. The summed E-state index contributed by atoms with van der Waals surface area (Å²) in [4.78, 5) is 23.8. The van der Waals surface area contributed by atoms with E-state index in [-0.39, 0.29) is 17.5 Å². The summed E-state index contributed by atoms with van der Waals surface area (Å²) in [5.74, 6) is -0.736. The molecule has 1 atom stereocenters.